The molecule has 184 valence electrons. The molecule has 1 nitrogen and oxygen atoms in total. The van der Waals surface area contributed by atoms with E-state index in [4.69, 9.17) is 0 Å². The van der Waals surface area contributed by atoms with E-state index >= 15 is 4.39 Å². The average molecular weight is 487 g/mol. The lowest BCUT2D eigenvalue weighted by Crippen LogP contribution is -2.14. The van der Waals surface area contributed by atoms with Gasteiger partial charge in [-0.2, -0.15) is 8.78 Å². The zero-order valence-electron chi connectivity index (χ0n) is 19.5. The summed E-state index contributed by atoms with van der Waals surface area (Å²) in [4.78, 5) is 0. The van der Waals surface area contributed by atoms with Crippen molar-refractivity contribution in [3.8, 4) is 17.6 Å². The van der Waals surface area contributed by atoms with Crippen LogP contribution in [0.25, 0.3) is 10.8 Å². The molecule has 0 N–H and O–H groups in total. The highest BCUT2D eigenvalue weighted by Crippen LogP contribution is 2.33. The van der Waals surface area contributed by atoms with Gasteiger partial charge >= 0.3 is 6.61 Å². The molecule has 3 aromatic carbocycles. The van der Waals surface area contributed by atoms with Gasteiger partial charge in [0.05, 0.1) is 5.56 Å². The molecule has 0 atom stereocenters. The van der Waals surface area contributed by atoms with Gasteiger partial charge in [0.15, 0.2) is 17.4 Å². The van der Waals surface area contributed by atoms with Crippen LogP contribution in [0.2, 0.25) is 0 Å². The summed E-state index contributed by atoms with van der Waals surface area (Å²) in [5.41, 5.74) is 1.13. The van der Waals surface area contributed by atoms with E-state index < -0.39 is 29.8 Å². The molecule has 6 heteroatoms. The number of aryl methyl sites for hydroxylation is 1. The van der Waals surface area contributed by atoms with Gasteiger partial charge in [-0.25, -0.2) is 13.2 Å². The monoisotopic (exact) mass is 486 g/mol. The van der Waals surface area contributed by atoms with Crippen LogP contribution >= 0.6 is 0 Å². The number of alkyl halides is 2. The number of rotatable bonds is 6. The minimum Gasteiger partial charge on any atom is -0.429 e. The van der Waals surface area contributed by atoms with Crippen LogP contribution in [-0.4, -0.2) is 6.61 Å². The molecule has 0 unspecified atom stereocenters. The largest absolute Gasteiger partial charge is 0.429 e. The molecule has 4 rings (SSSR count). The van der Waals surface area contributed by atoms with Gasteiger partial charge in [0.1, 0.15) is 5.82 Å². The molecule has 0 bridgehead atoms. The first-order chi connectivity index (χ1) is 16.8. The Labute approximate surface area is 202 Å². The number of benzene rings is 3. The smallest absolute Gasteiger partial charge is 0.387 e. The van der Waals surface area contributed by atoms with Crippen molar-refractivity contribution >= 4 is 10.8 Å². The van der Waals surface area contributed by atoms with E-state index in [9.17, 15) is 17.6 Å². The Morgan fingerprint density at radius 2 is 1.57 bits per heavy atom. The molecule has 0 radical (unpaired) electrons. The lowest BCUT2D eigenvalue weighted by Gasteiger charge is -2.27. The van der Waals surface area contributed by atoms with Gasteiger partial charge in [0, 0.05) is 10.9 Å². The van der Waals surface area contributed by atoms with Crippen molar-refractivity contribution in [1.29, 1.82) is 0 Å². The van der Waals surface area contributed by atoms with Crippen LogP contribution in [0.5, 0.6) is 5.75 Å². The van der Waals surface area contributed by atoms with E-state index in [1.165, 1.54) is 43.7 Å². The Bertz CT molecular complexity index is 1230. The second-order valence-corrected chi connectivity index (χ2v) is 9.21. The molecule has 35 heavy (non-hydrogen) atoms. The predicted octanol–water partition coefficient (Wildman–Crippen LogP) is 8.41. The van der Waals surface area contributed by atoms with Gasteiger partial charge in [0.25, 0.3) is 0 Å². The molecular weight excluding hydrogens is 459 g/mol. The highest BCUT2D eigenvalue weighted by atomic mass is 19.3. The van der Waals surface area contributed by atoms with Crippen LogP contribution in [0.3, 0.4) is 0 Å². The normalized spacial score (nSPS) is 17.9. The second kappa shape index (κ2) is 11.1. The summed E-state index contributed by atoms with van der Waals surface area (Å²) in [6, 6.07) is 10.5. The minimum atomic E-state index is -3.36. The lowest BCUT2D eigenvalue weighted by atomic mass is 9.78. The van der Waals surface area contributed by atoms with Crippen LogP contribution in [0.4, 0.5) is 22.0 Å². The maximum Gasteiger partial charge on any atom is 0.387 e. The third kappa shape index (κ3) is 6.14. The van der Waals surface area contributed by atoms with Crippen LogP contribution in [0, 0.1) is 41.1 Å². The SMILES string of the molecule is CCC1CCC(CCc2ccc3c(F)c(C#Cc4cc(F)c(OC(F)F)c(F)c4)ccc3c2)CC1. The summed E-state index contributed by atoms with van der Waals surface area (Å²) in [5, 5.41) is 1.19. The Morgan fingerprint density at radius 3 is 2.23 bits per heavy atom. The zero-order valence-corrected chi connectivity index (χ0v) is 19.5. The van der Waals surface area contributed by atoms with E-state index in [-0.39, 0.29) is 11.1 Å². The number of halogens is 5. The fourth-order valence-corrected chi connectivity index (χ4v) is 4.87. The van der Waals surface area contributed by atoms with Gasteiger partial charge in [0.2, 0.25) is 0 Å². The van der Waals surface area contributed by atoms with Gasteiger partial charge in [-0.3, -0.25) is 0 Å². The van der Waals surface area contributed by atoms with Crippen molar-refractivity contribution in [2.45, 2.75) is 58.5 Å². The molecular formula is C29H27F5O. The maximum absolute atomic E-state index is 15.1. The topological polar surface area (TPSA) is 9.23 Å². The lowest BCUT2D eigenvalue weighted by molar-refractivity contribution is -0.0546. The molecule has 1 aliphatic rings. The summed E-state index contributed by atoms with van der Waals surface area (Å²) < 4.78 is 71.2. The van der Waals surface area contributed by atoms with Crippen LogP contribution in [0.15, 0.2) is 42.5 Å². The Hall–Kier alpha value is -3.07. The molecule has 0 amide bonds. The molecule has 0 spiro atoms. The molecule has 0 aliphatic heterocycles. The van der Waals surface area contributed by atoms with Gasteiger partial charge in [-0.05, 0) is 53.8 Å². The third-order valence-corrected chi connectivity index (χ3v) is 6.95. The molecule has 1 aliphatic carbocycles. The van der Waals surface area contributed by atoms with Crippen molar-refractivity contribution in [2.24, 2.45) is 11.8 Å². The molecule has 3 aromatic rings. The van der Waals surface area contributed by atoms with Crippen molar-refractivity contribution in [2.75, 3.05) is 0 Å². The first-order valence-electron chi connectivity index (χ1n) is 12.0. The quantitative estimate of drug-likeness (QED) is 0.251. The van der Waals surface area contributed by atoms with E-state index in [2.05, 4.69) is 23.5 Å². The highest BCUT2D eigenvalue weighted by Gasteiger charge is 2.20. The van der Waals surface area contributed by atoms with Crippen LogP contribution < -0.4 is 4.74 Å². The predicted molar refractivity (Wildman–Crippen MR) is 127 cm³/mol. The molecule has 0 saturated heterocycles. The second-order valence-electron chi connectivity index (χ2n) is 9.21. The van der Waals surface area contributed by atoms with Crippen LogP contribution in [-0.2, 0) is 6.42 Å². The first kappa shape index (κ1) is 25.0. The van der Waals surface area contributed by atoms with E-state index in [1.807, 2.05) is 12.1 Å². The molecule has 0 aromatic heterocycles. The summed E-state index contributed by atoms with van der Waals surface area (Å²) in [6.07, 6.45) is 8.59. The molecule has 1 fully saturated rings. The van der Waals surface area contributed by atoms with E-state index in [1.54, 1.807) is 12.1 Å². The van der Waals surface area contributed by atoms with Crippen molar-refractivity contribution in [1.82, 2.24) is 0 Å². The average Bonchev–Trinajstić information content (AvgIpc) is 2.84. The number of hydrogen-bond donors (Lipinski definition) is 0. The van der Waals surface area contributed by atoms with Crippen LogP contribution in [0.1, 0.15) is 62.1 Å². The number of hydrogen-bond acceptors (Lipinski definition) is 1. The fourth-order valence-electron chi connectivity index (χ4n) is 4.87. The van der Waals surface area contributed by atoms with Gasteiger partial charge in [-0.15, -0.1) is 0 Å². The van der Waals surface area contributed by atoms with Gasteiger partial charge < -0.3 is 4.74 Å². The Morgan fingerprint density at radius 1 is 0.886 bits per heavy atom. The molecule has 0 heterocycles. The minimum absolute atomic E-state index is 0.0756. The summed E-state index contributed by atoms with van der Waals surface area (Å²) in [5.74, 6) is 2.41. The van der Waals surface area contributed by atoms with Crippen molar-refractivity contribution < 1.29 is 26.7 Å². The standard InChI is InChI=1S/C29H27F5O/c1-2-18-3-5-19(6-4-18)7-8-20-10-14-24-23(15-20)13-12-22(27(24)32)11-9-21-16-25(30)28(26(31)17-21)35-29(33)34/h10,12-19,29H,2-8H2,1H3. The highest BCUT2D eigenvalue weighted by molar-refractivity contribution is 5.85. The summed E-state index contributed by atoms with van der Waals surface area (Å²) >= 11 is 0. The molecule has 1 saturated carbocycles. The van der Waals surface area contributed by atoms with E-state index in [0.717, 1.165) is 42.2 Å². The maximum atomic E-state index is 15.1. The van der Waals surface area contributed by atoms with Crippen molar-refractivity contribution in [3.63, 3.8) is 0 Å². The van der Waals surface area contributed by atoms with Crippen molar-refractivity contribution in [3.05, 3.63) is 76.6 Å². The fraction of sp³-hybridized carbons (Fsp3) is 0.379. The van der Waals surface area contributed by atoms with E-state index in [0.29, 0.717) is 5.39 Å². The summed E-state index contributed by atoms with van der Waals surface area (Å²) in [6.45, 7) is -1.09. The number of ether oxygens (including phenoxy) is 1. The van der Waals surface area contributed by atoms with Gasteiger partial charge in [-0.1, -0.05) is 75.1 Å². The zero-order chi connectivity index (χ0) is 24.9. The Balaban J connectivity index is 1.47. The summed E-state index contributed by atoms with van der Waals surface area (Å²) in [7, 11) is 0. The first-order valence-corrected chi connectivity index (χ1v) is 12.0. The number of fused-ring (bicyclic) bond motifs is 1. The Kier molecular flexibility index (Phi) is 7.95. The third-order valence-electron chi connectivity index (χ3n) is 6.95.